The maximum atomic E-state index is 12.9. The number of amides is 3. The molecule has 0 bridgehead atoms. The molecule has 2 aromatic carbocycles. The van der Waals surface area contributed by atoms with E-state index >= 15 is 0 Å². The Hall–Kier alpha value is -3.73. The van der Waals surface area contributed by atoms with Crippen molar-refractivity contribution in [3.05, 3.63) is 59.7 Å². The lowest BCUT2D eigenvalue weighted by Crippen LogP contribution is -2.54. The summed E-state index contributed by atoms with van der Waals surface area (Å²) in [6, 6.07) is 16.6. The quantitative estimate of drug-likeness (QED) is 0.699. The van der Waals surface area contributed by atoms with Crippen LogP contribution >= 0.6 is 0 Å². The molecule has 0 saturated carbocycles. The third kappa shape index (κ3) is 5.37. The van der Waals surface area contributed by atoms with Crippen molar-refractivity contribution in [2.45, 2.75) is 39.0 Å². The summed E-state index contributed by atoms with van der Waals surface area (Å²) in [4.78, 5) is 30.7. The highest BCUT2D eigenvalue weighted by molar-refractivity contribution is 5.78. The third-order valence-corrected chi connectivity index (χ3v) is 5.60. The Balaban J connectivity index is 1.33. The first-order valence-electron chi connectivity index (χ1n) is 11.0. The summed E-state index contributed by atoms with van der Waals surface area (Å²) in [6.07, 6.45) is -0.328. The van der Waals surface area contributed by atoms with Crippen molar-refractivity contribution in [3.63, 3.8) is 0 Å². The minimum atomic E-state index is -0.540. The van der Waals surface area contributed by atoms with E-state index in [4.69, 9.17) is 14.7 Å². The van der Waals surface area contributed by atoms with Crippen LogP contribution < -0.4 is 4.74 Å². The highest BCUT2D eigenvalue weighted by atomic mass is 16.6. The summed E-state index contributed by atoms with van der Waals surface area (Å²) in [5, 5.41) is 8.89. The second kappa shape index (κ2) is 9.02. The Labute approximate surface area is 193 Å². The van der Waals surface area contributed by atoms with Crippen LogP contribution in [-0.2, 0) is 11.3 Å². The molecule has 33 heavy (non-hydrogen) atoms. The van der Waals surface area contributed by atoms with Crippen LogP contribution in [0.2, 0.25) is 0 Å². The zero-order chi connectivity index (χ0) is 23.6. The zero-order valence-corrected chi connectivity index (χ0v) is 19.2. The lowest BCUT2D eigenvalue weighted by molar-refractivity contribution is 0.0127. The number of hydrogen-bond donors (Lipinski definition) is 0. The molecule has 0 aliphatic carbocycles. The third-order valence-electron chi connectivity index (χ3n) is 5.60. The molecule has 8 nitrogen and oxygen atoms in total. The van der Waals surface area contributed by atoms with Gasteiger partial charge in [-0.3, -0.25) is 0 Å². The summed E-state index contributed by atoms with van der Waals surface area (Å²) in [5.41, 5.74) is 1.04. The molecule has 0 N–H and O–H groups in total. The van der Waals surface area contributed by atoms with E-state index in [-0.39, 0.29) is 18.2 Å². The van der Waals surface area contributed by atoms with Crippen molar-refractivity contribution < 1.29 is 19.1 Å². The van der Waals surface area contributed by atoms with Crippen LogP contribution in [0.25, 0.3) is 0 Å². The minimum Gasteiger partial charge on any atom is -0.457 e. The van der Waals surface area contributed by atoms with Crippen LogP contribution in [0.15, 0.2) is 48.5 Å². The molecule has 2 heterocycles. The Morgan fingerprint density at radius 1 is 1.03 bits per heavy atom. The number of carbonyl (C=O) groups excluding carboxylic acids is 2. The fourth-order valence-corrected chi connectivity index (χ4v) is 4.02. The van der Waals surface area contributed by atoms with E-state index < -0.39 is 5.60 Å². The van der Waals surface area contributed by atoms with Crippen LogP contribution in [0.1, 0.15) is 31.9 Å². The number of ether oxygens (including phenoxy) is 2. The van der Waals surface area contributed by atoms with Crippen molar-refractivity contribution in [2.75, 3.05) is 26.2 Å². The smallest absolute Gasteiger partial charge is 0.410 e. The molecule has 2 fully saturated rings. The number of nitriles is 1. The largest absolute Gasteiger partial charge is 0.457 e. The van der Waals surface area contributed by atoms with E-state index in [1.165, 1.54) is 0 Å². The first-order chi connectivity index (χ1) is 15.7. The van der Waals surface area contributed by atoms with E-state index in [0.29, 0.717) is 49.8 Å². The number of carbonyl (C=O) groups is 2. The topological polar surface area (TPSA) is 86.1 Å². The van der Waals surface area contributed by atoms with Gasteiger partial charge >= 0.3 is 12.1 Å². The lowest BCUT2D eigenvalue weighted by atomic mass is 10.2. The summed E-state index contributed by atoms with van der Waals surface area (Å²) in [7, 11) is 0. The molecule has 1 unspecified atom stereocenters. The predicted octanol–water partition coefficient (Wildman–Crippen LogP) is 4.21. The van der Waals surface area contributed by atoms with Gasteiger partial charge in [0.15, 0.2) is 0 Å². The molecular weight excluding hydrogens is 420 g/mol. The second-order valence-corrected chi connectivity index (χ2v) is 9.32. The molecule has 0 aromatic heterocycles. The van der Waals surface area contributed by atoms with Crippen LogP contribution in [0.4, 0.5) is 9.59 Å². The van der Waals surface area contributed by atoms with Gasteiger partial charge in [0.25, 0.3) is 0 Å². The fraction of sp³-hybridized carbons (Fsp3) is 0.400. The van der Waals surface area contributed by atoms with E-state index in [9.17, 15) is 9.59 Å². The van der Waals surface area contributed by atoms with Gasteiger partial charge < -0.3 is 24.2 Å². The second-order valence-electron chi connectivity index (χ2n) is 9.32. The zero-order valence-electron chi connectivity index (χ0n) is 19.2. The summed E-state index contributed by atoms with van der Waals surface area (Å²) >= 11 is 0. The Morgan fingerprint density at radius 2 is 1.67 bits per heavy atom. The van der Waals surface area contributed by atoms with Crippen LogP contribution in [0.5, 0.6) is 11.5 Å². The normalized spacial score (nSPS) is 18.1. The average molecular weight is 449 g/mol. The van der Waals surface area contributed by atoms with Crippen molar-refractivity contribution >= 4 is 12.1 Å². The SMILES string of the molecule is CC(C)(C)OC(=O)N1CCN2C(=O)N(Cc3ccc(Oc4ccc(C#N)cc4)cc3)CC2C1. The van der Waals surface area contributed by atoms with Gasteiger partial charge in [0.2, 0.25) is 0 Å². The van der Waals surface area contributed by atoms with Gasteiger partial charge in [-0.05, 0) is 62.7 Å². The van der Waals surface area contributed by atoms with Gasteiger partial charge in [-0.1, -0.05) is 12.1 Å². The van der Waals surface area contributed by atoms with Crippen molar-refractivity contribution in [1.82, 2.24) is 14.7 Å². The minimum absolute atomic E-state index is 0.00162. The number of hydrogen-bond acceptors (Lipinski definition) is 5. The fourth-order valence-electron chi connectivity index (χ4n) is 4.02. The molecule has 8 heteroatoms. The molecule has 2 aliphatic rings. The first kappa shape index (κ1) is 22.5. The molecule has 172 valence electrons. The highest BCUT2D eigenvalue weighted by Gasteiger charge is 2.42. The molecular formula is C25H28N4O4. The number of benzene rings is 2. The van der Waals surface area contributed by atoms with Gasteiger partial charge in [-0.15, -0.1) is 0 Å². The molecule has 0 radical (unpaired) electrons. The molecule has 0 spiro atoms. The van der Waals surface area contributed by atoms with Gasteiger partial charge in [0, 0.05) is 32.7 Å². The molecule has 1 atom stereocenters. The summed E-state index contributed by atoms with van der Waals surface area (Å²) in [5.74, 6) is 1.34. The van der Waals surface area contributed by atoms with Gasteiger partial charge in [0.1, 0.15) is 17.1 Å². The number of rotatable bonds is 4. The Bertz CT molecular complexity index is 1050. The van der Waals surface area contributed by atoms with E-state index in [0.717, 1.165) is 5.56 Å². The predicted molar refractivity (Wildman–Crippen MR) is 122 cm³/mol. The number of nitrogens with zero attached hydrogens (tertiary/aromatic N) is 4. The lowest BCUT2D eigenvalue weighted by Gasteiger charge is -2.37. The van der Waals surface area contributed by atoms with E-state index in [1.54, 1.807) is 29.2 Å². The maximum absolute atomic E-state index is 12.9. The van der Waals surface area contributed by atoms with Crippen molar-refractivity contribution in [3.8, 4) is 17.6 Å². The summed E-state index contributed by atoms with van der Waals surface area (Å²) < 4.78 is 11.3. The molecule has 2 saturated heterocycles. The van der Waals surface area contributed by atoms with Crippen LogP contribution in [0.3, 0.4) is 0 Å². The maximum Gasteiger partial charge on any atom is 0.410 e. The van der Waals surface area contributed by atoms with Crippen LogP contribution in [-0.4, -0.2) is 64.6 Å². The monoisotopic (exact) mass is 448 g/mol. The number of urea groups is 1. The standard InChI is InChI=1S/C25H28N4O4/c1-25(2,3)33-24(31)27-12-13-29-20(16-27)17-28(23(29)30)15-19-6-10-22(11-7-19)32-21-8-4-18(14-26)5-9-21/h4-11,20H,12-13,15-17H2,1-3H3. The van der Waals surface area contributed by atoms with E-state index in [1.807, 2.05) is 54.8 Å². The van der Waals surface area contributed by atoms with Gasteiger partial charge in [-0.25, -0.2) is 9.59 Å². The number of piperazine rings is 1. The average Bonchev–Trinajstić information content (AvgIpc) is 3.09. The number of fused-ring (bicyclic) bond motifs is 1. The molecule has 2 aliphatic heterocycles. The van der Waals surface area contributed by atoms with Crippen molar-refractivity contribution in [2.24, 2.45) is 0 Å². The van der Waals surface area contributed by atoms with Crippen LogP contribution in [0, 0.1) is 11.3 Å². The van der Waals surface area contributed by atoms with E-state index in [2.05, 4.69) is 6.07 Å². The summed E-state index contributed by atoms with van der Waals surface area (Å²) in [6.45, 7) is 8.09. The highest BCUT2D eigenvalue weighted by Crippen LogP contribution is 2.26. The van der Waals surface area contributed by atoms with Crippen molar-refractivity contribution in [1.29, 1.82) is 5.26 Å². The molecule has 3 amide bonds. The Morgan fingerprint density at radius 3 is 2.27 bits per heavy atom. The Kier molecular flexibility index (Phi) is 6.14. The molecule has 4 rings (SSSR count). The van der Waals surface area contributed by atoms with Gasteiger partial charge in [0.05, 0.1) is 17.7 Å². The van der Waals surface area contributed by atoms with Gasteiger partial charge in [-0.2, -0.15) is 5.26 Å². The molecule has 2 aromatic rings. The first-order valence-corrected chi connectivity index (χ1v) is 11.0.